The Morgan fingerprint density at radius 3 is 2.30 bits per heavy atom. The maximum atomic E-state index is 13.1. The summed E-state index contributed by atoms with van der Waals surface area (Å²) >= 11 is 6.06. The van der Waals surface area contributed by atoms with Gasteiger partial charge < -0.3 is 4.90 Å². The largest absolute Gasteiger partial charge is 0.416 e. The number of fused-ring (bicyclic) bond motifs is 1. The number of aryl methyl sites for hydroxylation is 1. The van der Waals surface area contributed by atoms with Crippen LogP contribution in [0.3, 0.4) is 0 Å². The van der Waals surface area contributed by atoms with Crippen molar-refractivity contribution in [3.8, 4) is 11.3 Å². The lowest BCUT2D eigenvalue weighted by atomic mass is 9.88. The van der Waals surface area contributed by atoms with Gasteiger partial charge in [-0.3, -0.25) is 4.79 Å². The van der Waals surface area contributed by atoms with Gasteiger partial charge in [0.2, 0.25) is 0 Å². The molecular formula is C29H27ClF3N3O. The van der Waals surface area contributed by atoms with E-state index in [1.54, 1.807) is 10.7 Å². The van der Waals surface area contributed by atoms with Crippen LogP contribution < -0.4 is 5.56 Å². The molecule has 192 valence electrons. The van der Waals surface area contributed by atoms with E-state index >= 15 is 0 Å². The van der Waals surface area contributed by atoms with Gasteiger partial charge in [0.15, 0.2) is 0 Å². The van der Waals surface area contributed by atoms with Gasteiger partial charge in [-0.1, -0.05) is 60.1 Å². The third-order valence-corrected chi connectivity index (χ3v) is 7.35. The van der Waals surface area contributed by atoms with E-state index in [0.29, 0.717) is 17.0 Å². The van der Waals surface area contributed by atoms with Crippen LogP contribution in [0.2, 0.25) is 5.02 Å². The van der Waals surface area contributed by atoms with Gasteiger partial charge in [0.25, 0.3) is 5.56 Å². The molecule has 0 amide bonds. The van der Waals surface area contributed by atoms with Crippen LogP contribution in [-0.2, 0) is 12.7 Å². The van der Waals surface area contributed by atoms with Crippen LogP contribution in [0.1, 0.15) is 36.3 Å². The number of rotatable bonds is 6. The number of hydrogen-bond acceptors (Lipinski definition) is 3. The summed E-state index contributed by atoms with van der Waals surface area (Å²) in [4.78, 5) is 15.4. The number of benzene rings is 3. The Labute approximate surface area is 218 Å². The quantitative estimate of drug-likeness (QED) is 0.272. The summed E-state index contributed by atoms with van der Waals surface area (Å²) in [5, 5.41) is 6.79. The van der Waals surface area contributed by atoms with Crippen molar-refractivity contribution < 1.29 is 13.2 Å². The maximum absolute atomic E-state index is 13.1. The fourth-order valence-electron chi connectivity index (χ4n) is 5.11. The fourth-order valence-corrected chi connectivity index (χ4v) is 5.24. The standard InChI is InChI=1S/C29H27ClF3N3O/c30-24-11-9-21(10-12-24)27-25-7-1-2-8-26(25)28(37)36(34-27)16-4-15-35-17-13-20(14-18-35)22-5-3-6-23(19-22)29(31,32)33/h1-3,5-12,19-20H,4,13-18H2. The number of aromatic nitrogens is 2. The Morgan fingerprint density at radius 2 is 1.59 bits per heavy atom. The summed E-state index contributed by atoms with van der Waals surface area (Å²) in [6.07, 6.45) is -1.94. The van der Waals surface area contributed by atoms with Crippen LogP contribution >= 0.6 is 11.6 Å². The lowest BCUT2D eigenvalue weighted by Crippen LogP contribution is -2.35. The first-order valence-corrected chi connectivity index (χ1v) is 12.8. The molecule has 4 aromatic rings. The molecule has 8 heteroatoms. The van der Waals surface area contributed by atoms with Crippen LogP contribution in [0.5, 0.6) is 0 Å². The number of hydrogen-bond donors (Lipinski definition) is 0. The number of halogens is 4. The van der Waals surface area contributed by atoms with E-state index in [9.17, 15) is 18.0 Å². The average molecular weight is 526 g/mol. The van der Waals surface area contributed by atoms with Crippen molar-refractivity contribution in [3.05, 3.63) is 99.3 Å². The zero-order valence-corrected chi connectivity index (χ0v) is 21.0. The molecule has 0 N–H and O–H groups in total. The molecule has 0 unspecified atom stereocenters. The van der Waals surface area contributed by atoms with Crippen LogP contribution in [0, 0.1) is 0 Å². The summed E-state index contributed by atoms with van der Waals surface area (Å²) in [5.74, 6) is 0.130. The van der Waals surface area contributed by atoms with Crippen LogP contribution in [0.25, 0.3) is 22.0 Å². The molecule has 0 aliphatic carbocycles. The number of likely N-dealkylation sites (tertiary alicyclic amines) is 1. The predicted octanol–water partition coefficient (Wildman–Crippen LogP) is 7.01. The molecule has 37 heavy (non-hydrogen) atoms. The average Bonchev–Trinajstić information content (AvgIpc) is 2.91. The topological polar surface area (TPSA) is 38.1 Å². The first-order valence-electron chi connectivity index (χ1n) is 12.4. The maximum Gasteiger partial charge on any atom is 0.416 e. The van der Waals surface area contributed by atoms with Gasteiger partial charge >= 0.3 is 6.18 Å². The molecule has 2 heterocycles. The highest BCUT2D eigenvalue weighted by Gasteiger charge is 2.31. The SMILES string of the molecule is O=c1c2ccccc2c(-c2ccc(Cl)cc2)nn1CCCN1CCC(c2cccc(C(F)(F)F)c2)CC1. The minimum absolute atomic E-state index is 0.114. The third kappa shape index (κ3) is 5.73. The minimum atomic E-state index is -4.32. The smallest absolute Gasteiger partial charge is 0.303 e. The molecule has 0 saturated carbocycles. The second-order valence-electron chi connectivity index (χ2n) is 9.52. The van der Waals surface area contributed by atoms with E-state index in [0.717, 1.165) is 67.2 Å². The Kier molecular flexibility index (Phi) is 7.36. The van der Waals surface area contributed by atoms with Crippen molar-refractivity contribution >= 4 is 22.4 Å². The molecule has 0 bridgehead atoms. The van der Waals surface area contributed by atoms with Crippen molar-refractivity contribution in [2.75, 3.05) is 19.6 Å². The Bertz CT molecular complexity index is 1440. The highest BCUT2D eigenvalue weighted by atomic mass is 35.5. The van der Waals surface area contributed by atoms with Crippen molar-refractivity contribution in [2.45, 2.75) is 37.9 Å². The summed E-state index contributed by atoms with van der Waals surface area (Å²) < 4.78 is 40.8. The van der Waals surface area contributed by atoms with Crippen molar-refractivity contribution in [1.82, 2.24) is 14.7 Å². The van der Waals surface area contributed by atoms with E-state index in [4.69, 9.17) is 16.7 Å². The van der Waals surface area contributed by atoms with Crippen molar-refractivity contribution in [1.29, 1.82) is 0 Å². The number of piperidine rings is 1. The Morgan fingerprint density at radius 1 is 0.892 bits per heavy atom. The molecule has 1 aliphatic rings. The van der Waals surface area contributed by atoms with Gasteiger partial charge in [-0.15, -0.1) is 0 Å². The van der Waals surface area contributed by atoms with Crippen LogP contribution in [0.4, 0.5) is 13.2 Å². The summed E-state index contributed by atoms with van der Waals surface area (Å²) in [6.45, 7) is 2.91. The second-order valence-corrected chi connectivity index (χ2v) is 9.96. The molecule has 4 nitrogen and oxygen atoms in total. The summed E-state index contributed by atoms with van der Waals surface area (Å²) in [7, 11) is 0. The van der Waals surface area contributed by atoms with Gasteiger partial charge in [0, 0.05) is 22.5 Å². The Hall–Kier alpha value is -3.16. The van der Waals surface area contributed by atoms with E-state index in [1.165, 1.54) is 12.1 Å². The van der Waals surface area contributed by atoms with Crippen LogP contribution in [-0.4, -0.2) is 34.3 Å². The van der Waals surface area contributed by atoms with E-state index in [2.05, 4.69) is 4.90 Å². The minimum Gasteiger partial charge on any atom is -0.303 e. The van der Waals surface area contributed by atoms with Gasteiger partial charge in [-0.05, 0) is 74.6 Å². The highest BCUT2D eigenvalue weighted by Crippen LogP contribution is 2.34. The molecule has 0 spiro atoms. The lowest BCUT2D eigenvalue weighted by molar-refractivity contribution is -0.137. The molecule has 5 rings (SSSR count). The molecule has 0 radical (unpaired) electrons. The zero-order chi connectivity index (χ0) is 26.0. The van der Waals surface area contributed by atoms with Crippen molar-refractivity contribution in [2.24, 2.45) is 0 Å². The first kappa shape index (κ1) is 25.5. The van der Waals surface area contributed by atoms with Gasteiger partial charge in [-0.25, -0.2) is 4.68 Å². The molecular weight excluding hydrogens is 499 g/mol. The zero-order valence-electron chi connectivity index (χ0n) is 20.2. The number of nitrogens with zero attached hydrogens (tertiary/aromatic N) is 3. The van der Waals surface area contributed by atoms with Crippen LogP contribution in [0.15, 0.2) is 77.6 Å². The number of alkyl halides is 3. The van der Waals surface area contributed by atoms with E-state index < -0.39 is 11.7 Å². The predicted molar refractivity (Wildman–Crippen MR) is 141 cm³/mol. The first-order chi connectivity index (χ1) is 17.8. The third-order valence-electron chi connectivity index (χ3n) is 7.10. The molecule has 1 aliphatic heterocycles. The highest BCUT2D eigenvalue weighted by molar-refractivity contribution is 6.30. The molecule has 1 saturated heterocycles. The second kappa shape index (κ2) is 10.7. The normalized spacial score (nSPS) is 15.4. The summed E-state index contributed by atoms with van der Waals surface area (Å²) in [6, 6.07) is 20.6. The Balaban J connectivity index is 1.24. The van der Waals surface area contributed by atoms with Crippen molar-refractivity contribution in [3.63, 3.8) is 0 Å². The molecule has 1 fully saturated rings. The van der Waals surface area contributed by atoms with Gasteiger partial charge in [0.1, 0.15) is 0 Å². The van der Waals surface area contributed by atoms with E-state index in [-0.39, 0.29) is 11.5 Å². The molecule has 1 aromatic heterocycles. The summed E-state index contributed by atoms with van der Waals surface area (Å²) in [5.41, 5.74) is 1.70. The van der Waals surface area contributed by atoms with E-state index in [1.807, 2.05) is 48.5 Å². The molecule has 0 atom stereocenters. The lowest BCUT2D eigenvalue weighted by Gasteiger charge is -2.32. The van der Waals surface area contributed by atoms with Gasteiger partial charge in [-0.2, -0.15) is 18.3 Å². The molecule has 3 aromatic carbocycles. The fraction of sp³-hybridized carbons (Fsp3) is 0.310. The van der Waals surface area contributed by atoms with Gasteiger partial charge in [0.05, 0.1) is 16.6 Å². The monoisotopic (exact) mass is 525 g/mol.